The first-order valence-electron chi connectivity index (χ1n) is 7.02. The van der Waals surface area contributed by atoms with Crippen LogP contribution in [0.25, 0.3) is 10.9 Å². The van der Waals surface area contributed by atoms with Gasteiger partial charge in [0.05, 0.1) is 28.1 Å². The molecule has 1 aliphatic carbocycles. The van der Waals surface area contributed by atoms with Gasteiger partial charge in [-0.1, -0.05) is 0 Å². The van der Waals surface area contributed by atoms with Crippen LogP contribution in [0.3, 0.4) is 0 Å². The first-order valence-corrected chi connectivity index (χ1v) is 7.02. The van der Waals surface area contributed by atoms with Crippen molar-refractivity contribution in [3.05, 3.63) is 40.6 Å². The molecular weight excluding hydrogens is 270 g/mol. The van der Waals surface area contributed by atoms with Crippen molar-refractivity contribution in [3.8, 4) is 0 Å². The van der Waals surface area contributed by atoms with Crippen LogP contribution in [0.15, 0.2) is 30.5 Å². The van der Waals surface area contributed by atoms with E-state index >= 15 is 0 Å². The minimum atomic E-state index is -0.374. The fraction of sp³-hybridized carbons (Fsp3) is 0.400. The topological polar surface area (TPSA) is 77.3 Å². The second kappa shape index (κ2) is 5.65. The quantitative estimate of drug-likeness (QED) is 0.690. The number of hydrogen-bond acceptors (Lipinski definition) is 5. The number of nitrogens with one attached hydrogen (secondary N) is 1. The Morgan fingerprint density at radius 1 is 1.38 bits per heavy atom. The summed E-state index contributed by atoms with van der Waals surface area (Å²) in [5.74, 6) is 0. The number of non-ortho nitro benzene ring substituents is 1. The number of pyridine rings is 1. The lowest BCUT2D eigenvalue weighted by atomic mass is 10.1. The number of benzene rings is 1. The Hall–Kier alpha value is -2.21. The summed E-state index contributed by atoms with van der Waals surface area (Å²) in [6.45, 7) is 0. The molecule has 0 aliphatic heterocycles. The molecule has 1 fully saturated rings. The second-order valence-electron chi connectivity index (χ2n) is 5.24. The summed E-state index contributed by atoms with van der Waals surface area (Å²) in [5.41, 5.74) is 1.54. The summed E-state index contributed by atoms with van der Waals surface area (Å²) in [5, 5.41) is 15.1. The molecule has 0 radical (unpaired) electrons. The molecule has 21 heavy (non-hydrogen) atoms. The summed E-state index contributed by atoms with van der Waals surface area (Å²) in [6.07, 6.45) is 5.02. The van der Waals surface area contributed by atoms with E-state index < -0.39 is 0 Å². The van der Waals surface area contributed by atoms with Crippen molar-refractivity contribution in [2.45, 2.75) is 31.4 Å². The number of aromatic nitrogens is 1. The molecule has 3 rings (SSSR count). The summed E-state index contributed by atoms with van der Waals surface area (Å²) in [7, 11) is 1.72. The first-order chi connectivity index (χ1) is 10.2. The molecule has 0 amide bonds. The van der Waals surface area contributed by atoms with E-state index in [4.69, 9.17) is 4.74 Å². The van der Waals surface area contributed by atoms with Gasteiger partial charge in [-0.15, -0.1) is 0 Å². The zero-order valence-electron chi connectivity index (χ0n) is 11.8. The monoisotopic (exact) mass is 287 g/mol. The third-order valence-electron chi connectivity index (χ3n) is 4.04. The molecule has 6 nitrogen and oxygen atoms in total. The van der Waals surface area contributed by atoms with Gasteiger partial charge < -0.3 is 10.1 Å². The molecule has 6 heteroatoms. The van der Waals surface area contributed by atoms with Gasteiger partial charge in [0.2, 0.25) is 0 Å². The predicted molar refractivity (Wildman–Crippen MR) is 80.5 cm³/mol. The van der Waals surface area contributed by atoms with E-state index in [2.05, 4.69) is 10.3 Å². The highest BCUT2D eigenvalue weighted by Gasteiger charge is 2.28. The Balaban J connectivity index is 2.00. The van der Waals surface area contributed by atoms with Crippen LogP contribution in [0.5, 0.6) is 0 Å². The number of nitro benzene ring substituents is 1. The predicted octanol–water partition coefficient (Wildman–Crippen LogP) is 3.12. The van der Waals surface area contributed by atoms with Gasteiger partial charge >= 0.3 is 0 Å². The standard InChI is InChI=1S/C15H17N3O3/c1-21-14-6-2-5-11(14)17-12-7-8-13(18(19)20)10-4-3-9-16-15(10)12/h3-4,7-9,11,14,17H,2,5-6H2,1H3. The SMILES string of the molecule is COC1CCCC1Nc1ccc([N+](=O)[O-])c2cccnc12. The van der Waals surface area contributed by atoms with Crippen molar-refractivity contribution in [1.29, 1.82) is 0 Å². The van der Waals surface area contributed by atoms with E-state index in [1.165, 1.54) is 6.07 Å². The van der Waals surface area contributed by atoms with Crippen molar-refractivity contribution >= 4 is 22.3 Å². The van der Waals surface area contributed by atoms with Crippen LogP contribution in [-0.2, 0) is 4.74 Å². The van der Waals surface area contributed by atoms with E-state index in [1.54, 1.807) is 31.5 Å². The number of hydrogen-bond donors (Lipinski definition) is 1. The van der Waals surface area contributed by atoms with Gasteiger partial charge in [0, 0.05) is 19.4 Å². The summed E-state index contributed by atoms with van der Waals surface area (Å²) >= 11 is 0. The normalized spacial score (nSPS) is 21.6. The molecular formula is C15H17N3O3. The van der Waals surface area contributed by atoms with Gasteiger partial charge in [0.1, 0.15) is 5.52 Å². The molecule has 0 saturated heterocycles. The highest BCUT2D eigenvalue weighted by atomic mass is 16.6. The Labute approximate surface area is 122 Å². The van der Waals surface area contributed by atoms with Crippen LogP contribution in [0.2, 0.25) is 0 Å². The zero-order chi connectivity index (χ0) is 14.8. The molecule has 2 atom stereocenters. The van der Waals surface area contributed by atoms with Gasteiger partial charge in [-0.2, -0.15) is 0 Å². The molecule has 1 heterocycles. The second-order valence-corrected chi connectivity index (χ2v) is 5.24. The van der Waals surface area contributed by atoms with Crippen LogP contribution in [-0.4, -0.2) is 29.2 Å². The molecule has 1 saturated carbocycles. The fourth-order valence-electron chi connectivity index (χ4n) is 3.01. The molecule has 1 aromatic heterocycles. The zero-order valence-corrected chi connectivity index (χ0v) is 11.8. The minimum absolute atomic E-state index is 0.0818. The first kappa shape index (κ1) is 13.8. The van der Waals surface area contributed by atoms with Crippen molar-refractivity contribution < 1.29 is 9.66 Å². The highest BCUT2D eigenvalue weighted by Crippen LogP contribution is 2.32. The van der Waals surface area contributed by atoms with Gasteiger partial charge in [-0.05, 0) is 37.5 Å². The Bertz CT molecular complexity index is 674. The average Bonchev–Trinajstić information content (AvgIpc) is 2.94. The molecule has 0 spiro atoms. The number of fused-ring (bicyclic) bond motifs is 1. The molecule has 0 bridgehead atoms. The lowest BCUT2D eigenvalue weighted by Crippen LogP contribution is -2.29. The van der Waals surface area contributed by atoms with Crippen molar-refractivity contribution in [1.82, 2.24) is 4.98 Å². The fourth-order valence-corrected chi connectivity index (χ4v) is 3.01. The maximum atomic E-state index is 11.1. The van der Waals surface area contributed by atoms with Crippen molar-refractivity contribution in [2.24, 2.45) is 0 Å². The van der Waals surface area contributed by atoms with Gasteiger partial charge in [0.15, 0.2) is 0 Å². The molecule has 110 valence electrons. The van der Waals surface area contributed by atoms with Gasteiger partial charge in [-0.3, -0.25) is 15.1 Å². The maximum absolute atomic E-state index is 11.1. The highest BCUT2D eigenvalue weighted by molar-refractivity contribution is 5.96. The van der Waals surface area contributed by atoms with E-state index in [1.807, 2.05) is 0 Å². The minimum Gasteiger partial charge on any atom is -0.379 e. The molecule has 1 aliphatic rings. The van der Waals surface area contributed by atoms with E-state index in [0.29, 0.717) is 10.9 Å². The molecule has 2 aromatic rings. The summed E-state index contributed by atoms with van der Waals surface area (Å²) < 4.78 is 5.48. The summed E-state index contributed by atoms with van der Waals surface area (Å²) in [4.78, 5) is 15.0. The Morgan fingerprint density at radius 2 is 2.24 bits per heavy atom. The molecule has 1 N–H and O–H groups in total. The van der Waals surface area contributed by atoms with Crippen LogP contribution >= 0.6 is 0 Å². The third kappa shape index (κ3) is 2.54. The smallest absolute Gasteiger partial charge is 0.278 e. The van der Waals surface area contributed by atoms with Gasteiger partial charge in [-0.25, -0.2) is 0 Å². The number of nitro groups is 1. The van der Waals surface area contributed by atoms with Crippen LogP contribution in [0.4, 0.5) is 11.4 Å². The Kier molecular flexibility index (Phi) is 3.70. The van der Waals surface area contributed by atoms with Crippen molar-refractivity contribution in [2.75, 3.05) is 12.4 Å². The summed E-state index contributed by atoms with van der Waals surface area (Å²) in [6, 6.07) is 6.93. The number of rotatable bonds is 4. The van der Waals surface area contributed by atoms with Crippen LogP contribution < -0.4 is 5.32 Å². The Morgan fingerprint density at radius 3 is 3.00 bits per heavy atom. The van der Waals surface area contributed by atoms with E-state index in [-0.39, 0.29) is 22.8 Å². The van der Waals surface area contributed by atoms with E-state index in [0.717, 1.165) is 24.9 Å². The number of ether oxygens (including phenoxy) is 1. The molecule has 1 aromatic carbocycles. The van der Waals surface area contributed by atoms with E-state index in [9.17, 15) is 10.1 Å². The molecule has 2 unspecified atom stereocenters. The third-order valence-corrected chi connectivity index (χ3v) is 4.04. The number of nitrogens with zero attached hydrogens (tertiary/aromatic N) is 2. The lowest BCUT2D eigenvalue weighted by molar-refractivity contribution is -0.383. The van der Waals surface area contributed by atoms with Gasteiger partial charge in [0.25, 0.3) is 5.69 Å². The number of methoxy groups -OCH3 is 1. The van der Waals surface area contributed by atoms with Crippen LogP contribution in [0, 0.1) is 10.1 Å². The van der Waals surface area contributed by atoms with Crippen molar-refractivity contribution in [3.63, 3.8) is 0 Å². The lowest BCUT2D eigenvalue weighted by Gasteiger charge is -2.21. The maximum Gasteiger partial charge on any atom is 0.278 e. The average molecular weight is 287 g/mol. The largest absolute Gasteiger partial charge is 0.379 e. The number of anilines is 1. The van der Waals surface area contributed by atoms with Crippen LogP contribution in [0.1, 0.15) is 19.3 Å².